The molecule has 0 spiro atoms. The molecule has 12 heteroatoms. The predicted molar refractivity (Wildman–Crippen MR) is 158 cm³/mol. The van der Waals surface area contributed by atoms with E-state index in [1.165, 1.54) is 6.07 Å². The molecule has 8 nitrogen and oxygen atoms in total. The summed E-state index contributed by atoms with van der Waals surface area (Å²) in [7, 11) is 1.86. The van der Waals surface area contributed by atoms with E-state index in [0.29, 0.717) is 18.8 Å². The number of ether oxygens (including phenoxy) is 1. The summed E-state index contributed by atoms with van der Waals surface area (Å²) in [6, 6.07) is 5.04. The Balaban J connectivity index is 1.46. The lowest BCUT2D eigenvalue weighted by Gasteiger charge is -2.30. The quantitative estimate of drug-likeness (QED) is 0.146. The Labute approximate surface area is 245 Å². The van der Waals surface area contributed by atoms with Crippen LogP contribution in [0.25, 0.3) is 0 Å². The molecule has 0 aliphatic heterocycles. The molecule has 1 aromatic carbocycles. The smallest absolute Gasteiger partial charge is 0.423 e. The fourth-order valence-electron chi connectivity index (χ4n) is 5.11. The van der Waals surface area contributed by atoms with Crippen molar-refractivity contribution in [2.24, 2.45) is 5.92 Å². The second-order valence-electron chi connectivity index (χ2n) is 10.7. The van der Waals surface area contributed by atoms with Crippen LogP contribution >= 0.6 is 12.2 Å². The van der Waals surface area contributed by atoms with Gasteiger partial charge in [-0.2, -0.15) is 13.2 Å². The van der Waals surface area contributed by atoms with E-state index in [0.717, 1.165) is 80.2 Å². The minimum Gasteiger partial charge on any atom is -0.489 e. The molecule has 1 fully saturated rings. The van der Waals surface area contributed by atoms with E-state index in [2.05, 4.69) is 34.4 Å². The number of halogens is 3. The van der Waals surface area contributed by atoms with Gasteiger partial charge < -0.3 is 20.3 Å². The summed E-state index contributed by atoms with van der Waals surface area (Å²) in [5.41, 5.74) is -0.846. The molecule has 2 N–H and O–H groups in total. The van der Waals surface area contributed by atoms with Crippen molar-refractivity contribution >= 4 is 28.7 Å². The van der Waals surface area contributed by atoms with Gasteiger partial charge in [-0.25, -0.2) is 0 Å². The molecule has 0 amide bonds. The van der Waals surface area contributed by atoms with E-state index in [9.17, 15) is 23.3 Å². The van der Waals surface area contributed by atoms with Crippen molar-refractivity contribution in [3.8, 4) is 5.75 Å². The van der Waals surface area contributed by atoms with E-state index in [1.54, 1.807) is 6.20 Å². The number of hydrogen-bond acceptors (Lipinski definition) is 6. The summed E-state index contributed by atoms with van der Waals surface area (Å²) in [6.45, 7) is 6.29. The highest BCUT2D eigenvalue weighted by atomic mass is 32.1. The molecule has 3 rings (SSSR count). The molecule has 1 aliphatic carbocycles. The Morgan fingerprint density at radius 3 is 2.56 bits per heavy atom. The number of aryl methyl sites for hydroxylation is 1. The monoisotopic (exact) mass is 595 g/mol. The van der Waals surface area contributed by atoms with Crippen molar-refractivity contribution in [3.63, 3.8) is 0 Å². The van der Waals surface area contributed by atoms with Crippen LogP contribution in [0.2, 0.25) is 0 Å². The number of hydrogen-bond donors (Lipinski definition) is 2. The Morgan fingerprint density at radius 2 is 1.93 bits per heavy atom. The van der Waals surface area contributed by atoms with Gasteiger partial charge in [0.05, 0.1) is 17.2 Å². The van der Waals surface area contributed by atoms with Crippen LogP contribution in [0.1, 0.15) is 69.9 Å². The molecule has 2 aromatic rings. The van der Waals surface area contributed by atoms with Crippen LogP contribution in [-0.4, -0.2) is 52.2 Å². The molecular weight excluding hydrogens is 555 g/mol. The highest BCUT2D eigenvalue weighted by molar-refractivity contribution is 7.80. The van der Waals surface area contributed by atoms with Crippen molar-refractivity contribution in [1.82, 2.24) is 15.2 Å². The van der Waals surface area contributed by atoms with Gasteiger partial charge in [-0.1, -0.05) is 13.8 Å². The number of thiocarbonyl (C=S) groups is 1. The van der Waals surface area contributed by atoms with Crippen LogP contribution in [0, 0.1) is 16.0 Å². The van der Waals surface area contributed by atoms with Crippen LogP contribution in [0.3, 0.4) is 0 Å². The molecule has 1 aliphatic rings. The summed E-state index contributed by atoms with van der Waals surface area (Å²) in [5.74, 6) is 1.26. The Kier molecular flexibility index (Phi) is 12.0. The number of anilines is 1. The molecule has 1 aromatic heterocycles. The Morgan fingerprint density at radius 1 is 1.20 bits per heavy atom. The number of nitro groups is 1. The summed E-state index contributed by atoms with van der Waals surface area (Å²) in [5, 5.41) is 18.0. The standard InChI is InChI=1S/C29H40F3N5O3S/c1-4-14-36(28(41)33-3)15-13-20(2)5-6-21-16-25(19-34-18-21)40-24-10-7-22(8-11-24)35-23-9-12-27(37(38)39)26(17-23)29(30,31)32/h9,12,16-20,22,24,35H,4-8,10-11,13-15H2,1-3H3,(H,33,41)/t20?,22-,24-. The molecule has 226 valence electrons. The predicted octanol–water partition coefficient (Wildman–Crippen LogP) is 6.99. The van der Waals surface area contributed by atoms with Crippen molar-refractivity contribution in [1.29, 1.82) is 0 Å². The Bertz CT molecular complexity index is 1160. The molecule has 0 radical (unpaired) electrons. The zero-order valence-corrected chi connectivity index (χ0v) is 24.7. The highest BCUT2D eigenvalue weighted by Gasteiger charge is 2.38. The van der Waals surface area contributed by atoms with Gasteiger partial charge in [0, 0.05) is 44.1 Å². The van der Waals surface area contributed by atoms with E-state index >= 15 is 0 Å². The maximum atomic E-state index is 13.3. The van der Waals surface area contributed by atoms with E-state index in [-0.39, 0.29) is 17.8 Å². The SMILES string of the molecule is CCCN(CCC(C)CCc1cncc(O[C@H]2CC[C@H](Nc3ccc([N+](=O)[O-])c(C(F)(F)F)c3)CC2)c1)C(=S)NC. The molecule has 1 heterocycles. The van der Waals surface area contributed by atoms with Crippen LogP contribution in [0.4, 0.5) is 24.5 Å². The van der Waals surface area contributed by atoms with Crippen molar-refractivity contribution in [3.05, 3.63) is 57.9 Å². The first-order chi connectivity index (χ1) is 19.5. The lowest BCUT2D eigenvalue weighted by Crippen LogP contribution is -2.39. The van der Waals surface area contributed by atoms with Crippen molar-refractivity contribution in [2.75, 3.05) is 25.5 Å². The molecular formula is C29H40F3N5O3S. The van der Waals surface area contributed by atoms with Crippen molar-refractivity contribution in [2.45, 2.75) is 83.5 Å². The van der Waals surface area contributed by atoms with Gasteiger partial charge in [-0.15, -0.1) is 0 Å². The summed E-state index contributed by atoms with van der Waals surface area (Å²) in [6.07, 6.45) is 5.72. The highest BCUT2D eigenvalue weighted by Crippen LogP contribution is 2.38. The fraction of sp³-hybridized carbons (Fsp3) is 0.586. The third-order valence-corrected chi connectivity index (χ3v) is 7.89. The topological polar surface area (TPSA) is 92.6 Å². The van der Waals surface area contributed by atoms with Gasteiger partial charge in [0.15, 0.2) is 5.11 Å². The first-order valence-electron chi connectivity index (χ1n) is 14.2. The number of benzene rings is 1. The third-order valence-electron chi connectivity index (χ3n) is 7.43. The van der Waals surface area contributed by atoms with Crippen LogP contribution in [-0.2, 0) is 12.6 Å². The van der Waals surface area contributed by atoms with E-state index in [1.807, 2.05) is 19.3 Å². The maximum Gasteiger partial charge on any atom is 0.423 e. The van der Waals surface area contributed by atoms with Crippen LogP contribution < -0.4 is 15.4 Å². The summed E-state index contributed by atoms with van der Waals surface area (Å²) < 4.78 is 46.1. The zero-order chi connectivity index (χ0) is 30.0. The molecule has 41 heavy (non-hydrogen) atoms. The molecule has 1 saturated carbocycles. The number of aromatic nitrogens is 1. The van der Waals surface area contributed by atoms with Gasteiger partial charge in [0.1, 0.15) is 11.3 Å². The minimum absolute atomic E-state index is 0.00724. The average Bonchev–Trinajstić information content (AvgIpc) is 2.94. The van der Waals surface area contributed by atoms with Gasteiger partial charge in [-0.05, 0) is 93.3 Å². The number of alkyl halides is 3. The first kappa shape index (κ1) is 32.4. The lowest BCUT2D eigenvalue weighted by molar-refractivity contribution is -0.388. The molecule has 1 atom stereocenters. The zero-order valence-electron chi connectivity index (χ0n) is 23.9. The van der Waals surface area contributed by atoms with Gasteiger partial charge in [0.25, 0.3) is 5.69 Å². The second-order valence-corrected chi connectivity index (χ2v) is 11.1. The second kappa shape index (κ2) is 15.2. The van der Waals surface area contributed by atoms with E-state index in [4.69, 9.17) is 17.0 Å². The molecule has 0 bridgehead atoms. The van der Waals surface area contributed by atoms with Gasteiger partial charge in [0.2, 0.25) is 0 Å². The van der Waals surface area contributed by atoms with Gasteiger partial charge in [-0.3, -0.25) is 15.1 Å². The average molecular weight is 596 g/mol. The van der Waals surface area contributed by atoms with Crippen LogP contribution in [0.5, 0.6) is 5.75 Å². The maximum absolute atomic E-state index is 13.3. The lowest BCUT2D eigenvalue weighted by atomic mass is 9.92. The first-order valence-corrected chi connectivity index (χ1v) is 14.6. The van der Waals surface area contributed by atoms with Gasteiger partial charge >= 0.3 is 6.18 Å². The largest absolute Gasteiger partial charge is 0.489 e. The minimum atomic E-state index is -4.80. The van der Waals surface area contributed by atoms with Crippen LogP contribution in [0.15, 0.2) is 36.7 Å². The third kappa shape index (κ3) is 10.0. The summed E-state index contributed by atoms with van der Waals surface area (Å²) in [4.78, 5) is 16.6. The number of nitro benzene ring substituents is 1. The van der Waals surface area contributed by atoms with E-state index < -0.39 is 22.4 Å². The number of rotatable bonds is 13. The van der Waals surface area contributed by atoms with Crippen molar-refractivity contribution < 1.29 is 22.8 Å². The Hall–Kier alpha value is -3.15. The number of nitrogens with zero attached hydrogens (tertiary/aromatic N) is 3. The number of nitrogens with one attached hydrogen (secondary N) is 2. The fourth-order valence-corrected chi connectivity index (χ4v) is 5.29. The molecule has 0 saturated heterocycles. The normalized spacial score (nSPS) is 17.9. The summed E-state index contributed by atoms with van der Waals surface area (Å²) >= 11 is 5.41. The molecule has 1 unspecified atom stereocenters. The number of pyridine rings is 1.